The standard InChI is InChI=1S/C17H25N3O4/c1-17(2)16(21)15(18-7-10-19-8-3-4-9-19)13-11-12(20(22)23)5-6-14(13)24-17/h5-6,11,15-16,18,21H,3-4,7-10H2,1-2H3/t15-,16+/m1/s1. The number of fused-ring (bicyclic) bond motifs is 1. The van der Waals surface area contributed by atoms with E-state index in [0.717, 1.165) is 26.2 Å². The maximum atomic E-state index is 11.1. The summed E-state index contributed by atoms with van der Waals surface area (Å²) in [4.78, 5) is 13.0. The predicted octanol–water partition coefficient (Wildman–Crippen LogP) is 1.85. The molecule has 0 saturated carbocycles. The van der Waals surface area contributed by atoms with Gasteiger partial charge in [0.15, 0.2) is 0 Å². The lowest BCUT2D eigenvalue weighted by Crippen LogP contribution is -2.53. The van der Waals surface area contributed by atoms with E-state index in [0.29, 0.717) is 11.3 Å². The molecule has 2 aliphatic rings. The van der Waals surface area contributed by atoms with Crippen molar-refractivity contribution in [3.63, 3.8) is 0 Å². The van der Waals surface area contributed by atoms with Gasteiger partial charge in [-0.2, -0.15) is 0 Å². The summed E-state index contributed by atoms with van der Waals surface area (Å²) in [5.74, 6) is 0.592. The van der Waals surface area contributed by atoms with Gasteiger partial charge < -0.3 is 20.1 Å². The van der Waals surface area contributed by atoms with E-state index in [4.69, 9.17) is 4.74 Å². The number of aliphatic hydroxyl groups is 1. The van der Waals surface area contributed by atoms with Gasteiger partial charge in [-0.25, -0.2) is 0 Å². The summed E-state index contributed by atoms with van der Waals surface area (Å²) in [6.07, 6.45) is 1.69. The van der Waals surface area contributed by atoms with Crippen molar-refractivity contribution in [3.8, 4) is 5.75 Å². The number of likely N-dealkylation sites (tertiary alicyclic amines) is 1. The molecule has 2 aliphatic heterocycles. The quantitative estimate of drug-likeness (QED) is 0.631. The van der Waals surface area contributed by atoms with Crippen molar-refractivity contribution in [1.29, 1.82) is 0 Å². The van der Waals surface area contributed by atoms with Gasteiger partial charge in [0.25, 0.3) is 5.69 Å². The zero-order chi connectivity index (χ0) is 17.3. The maximum absolute atomic E-state index is 11.1. The zero-order valence-corrected chi connectivity index (χ0v) is 14.2. The molecule has 24 heavy (non-hydrogen) atoms. The van der Waals surface area contributed by atoms with Gasteiger partial charge in [-0.1, -0.05) is 0 Å². The maximum Gasteiger partial charge on any atom is 0.270 e. The SMILES string of the molecule is CC1(C)Oc2ccc([N+](=O)[O-])cc2[C@@H](NCCN2CCCC2)[C@@H]1O. The highest BCUT2D eigenvalue weighted by Crippen LogP contribution is 2.41. The van der Waals surface area contributed by atoms with Crippen LogP contribution in [0.15, 0.2) is 18.2 Å². The zero-order valence-electron chi connectivity index (χ0n) is 14.2. The number of hydrogen-bond acceptors (Lipinski definition) is 6. The lowest BCUT2D eigenvalue weighted by atomic mass is 9.86. The van der Waals surface area contributed by atoms with Crippen molar-refractivity contribution < 1.29 is 14.8 Å². The summed E-state index contributed by atoms with van der Waals surface area (Å²) in [6, 6.07) is 4.18. The molecule has 0 amide bonds. The van der Waals surface area contributed by atoms with Gasteiger partial charge in [-0.15, -0.1) is 0 Å². The smallest absolute Gasteiger partial charge is 0.270 e. The Morgan fingerprint density at radius 2 is 2.12 bits per heavy atom. The van der Waals surface area contributed by atoms with Crippen LogP contribution in [0.1, 0.15) is 38.3 Å². The third kappa shape index (κ3) is 3.38. The van der Waals surface area contributed by atoms with Gasteiger partial charge in [0.1, 0.15) is 17.5 Å². The molecule has 1 fully saturated rings. The first kappa shape index (κ1) is 17.1. The number of nitrogens with zero attached hydrogens (tertiary/aromatic N) is 2. The van der Waals surface area contributed by atoms with E-state index < -0.39 is 16.6 Å². The molecule has 0 aromatic heterocycles. The number of hydrogen-bond donors (Lipinski definition) is 2. The van der Waals surface area contributed by atoms with E-state index in [1.54, 1.807) is 6.07 Å². The summed E-state index contributed by atoms with van der Waals surface area (Å²) >= 11 is 0. The Balaban J connectivity index is 1.79. The summed E-state index contributed by atoms with van der Waals surface area (Å²) in [6.45, 7) is 7.53. The molecule has 0 aliphatic carbocycles. The lowest BCUT2D eigenvalue weighted by Gasteiger charge is -2.42. The average Bonchev–Trinajstić information content (AvgIpc) is 3.03. The van der Waals surface area contributed by atoms with Gasteiger partial charge in [-0.3, -0.25) is 10.1 Å². The Morgan fingerprint density at radius 3 is 2.79 bits per heavy atom. The summed E-state index contributed by atoms with van der Waals surface area (Å²) < 4.78 is 5.85. The fourth-order valence-corrected chi connectivity index (χ4v) is 3.51. The van der Waals surface area contributed by atoms with E-state index >= 15 is 0 Å². The van der Waals surface area contributed by atoms with Gasteiger partial charge in [-0.05, 0) is 45.8 Å². The number of ether oxygens (including phenoxy) is 1. The van der Waals surface area contributed by atoms with Crippen LogP contribution in [-0.4, -0.2) is 52.8 Å². The van der Waals surface area contributed by atoms with Crippen LogP contribution in [0.4, 0.5) is 5.69 Å². The second kappa shape index (κ2) is 6.66. The van der Waals surface area contributed by atoms with Crippen LogP contribution in [0, 0.1) is 10.1 Å². The second-order valence-electron chi connectivity index (χ2n) is 7.11. The number of non-ortho nitro benzene ring substituents is 1. The third-order valence-corrected chi connectivity index (χ3v) is 4.93. The molecule has 0 unspecified atom stereocenters. The van der Waals surface area contributed by atoms with Crippen molar-refractivity contribution in [2.75, 3.05) is 26.2 Å². The minimum absolute atomic E-state index is 0.00981. The van der Waals surface area contributed by atoms with Crippen molar-refractivity contribution >= 4 is 5.69 Å². The first-order valence-electron chi connectivity index (χ1n) is 8.49. The molecule has 0 radical (unpaired) electrons. The van der Waals surface area contributed by atoms with Crippen molar-refractivity contribution in [1.82, 2.24) is 10.2 Å². The minimum atomic E-state index is -0.786. The Hall–Kier alpha value is -1.70. The molecule has 7 heteroatoms. The van der Waals surface area contributed by atoms with Crippen molar-refractivity contribution in [2.45, 2.75) is 44.4 Å². The van der Waals surface area contributed by atoms with Crippen molar-refractivity contribution in [2.24, 2.45) is 0 Å². The number of nitro benzene ring substituents is 1. The van der Waals surface area contributed by atoms with E-state index in [2.05, 4.69) is 10.2 Å². The third-order valence-electron chi connectivity index (χ3n) is 4.93. The molecular weight excluding hydrogens is 310 g/mol. The molecule has 0 bridgehead atoms. The Labute approximate surface area is 141 Å². The Kier molecular flexibility index (Phi) is 4.76. The van der Waals surface area contributed by atoms with E-state index in [1.807, 2.05) is 13.8 Å². The first-order valence-corrected chi connectivity index (χ1v) is 8.49. The predicted molar refractivity (Wildman–Crippen MR) is 90.2 cm³/mol. The highest BCUT2D eigenvalue weighted by Gasteiger charge is 2.43. The summed E-state index contributed by atoms with van der Waals surface area (Å²) in [5.41, 5.74) is -0.0953. The van der Waals surface area contributed by atoms with Crippen LogP contribution >= 0.6 is 0 Å². The van der Waals surface area contributed by atoms with Crippen LogP contribution in [-0.2, 0) is 0 Å². The molecule has 132 valence electrons. The molecule has 0 spiro atoms. The topological polar surface area (TPSA) is 87.9 Å². The van der Waals surface area contributed by atoms with Crippen molar-refractivity contribution in [3.05, 3.63) is 33.9 Å². The fraction of sp³-hybridized carbons (Fsp3) is 0.647. The van der Waals surface area contributed by atoms with Gasteiger partial charge in [0.2, 0.25) is 0 Å². The molecule has 1 aromatic carbocycles. The Bertz CT molecular complexity index is 614. The van der Waals surface area contributed by atoms with E-state index in [9.17, 15) is 15.2 Å². The Morgan fingerprint density at radius 1 is 1.42 bits per heavy atom. The molecule has 2 heterocycles. The molecule has 3 rings (SSSR count). The molecule has 1 saturated heterocycles. The highest BCUT2D eigenvalue weighted by atomic mass is 16.6. The molecular formula is C17H25N3O4. The number of nitrogens with one attached hydrogen (secondary N) is 1. The van der Waals surface area contributed by atoms with E-state index in [1.165, 1.54) is 25.0 Å². The lowest BCUT2D eigenvalue weighted by molar-refractivity contribution is -0.385. The summed E-state index contributed by atoms with van der Waals surface area (Å²) in [7, 11) is 0. The van der Waals surface area contributed by atoms with Gasteiger partial charge in [0.05, 0.1) is 11.0 Å². The highest BCUT2D eigenvalue weighted by molar-refractivity contribution is 5.48. The molecule has 7 nitrogen and oxygen atoms in total. The van der Waals surface area contributed by atoms with Gasteiger partial charge >= 0.3 is 0 Å². The van der Waals surface area contributed by atoms with Crippen LogP contribution in [0.3, 0.4) is 0 Å². The van der Waals surface area contributed by atoms with Gasteiger partial charge in [0, 0.05) is 30.8 Å². The number of benzene rings is 1. The first-order chi connectivity index (χ1) is 11.4. The average molecular weight is 335 g/mol. The molecule has 2 N–H and O–H groups in total. The molecule has 2 atom stereocenters. The normalized spacial score (nSPS) is 26.0. The van der Waals surface area contributed by atoms with Crippen LogP contribution in [0.25, 0.3) is 0 Å². The minimum Gasteiger partial charge on any atom is -0.485 e. The summed E-state index contributed by atoms with van der Waals surface area (Å²) in [5, 5.41) is 25.1. The fourth-order valence-electron chi connectivity index (χ4n) is 3.51. The van der Waals surface area contributed by atoms with Crippen LogP contribution < -0.4 is 10.1 Å². The largest absolute Gasteiger partial charge is 0.485 e. The van der Waals surface area contributed by atoms with Crippen LogP contribution in [0.5, 0.6) is 5.75 Å². The number of rotatable bonds is 5. The van der Waals surface area contributed by atoms with Crippen LogP contribution in [0.2, 0.25) is 0 Å². The second-order valence-corrected chi connectivity index (χ2v) is 7.11. The monoisotopic (exact) mass is 335 g/mol. The van der Waals surface area contributed by atoms with E-state index in [-0.39, 0.29) is 11.7 Å². The molecule has 1 aromatic rings. The number of aliphatic hydroxyl groups excluding tert-OH is 1. The number of nitro groups is 1.